The van der Waals surface area contributed by atoms with Gasteiger partial charge in [-0.3, -0.25) is 0 Å². The topological polar surface area (TPSA) is 32.3 Å². The van der Waals surface area contributed by atoms with Gasteiger partial charge in [-0.25, -0.2) is 4.79 Å². The second kappa shape index (κ2) is 6.00. The summed E-state index contributed by atoms with van der Waals surface area (Å²) in [4.78, 5) is 14.2. The lowest BCUT2D eigenvalue weighted by atomic mass is 10.1. The van der Waals surface area contributed by atoms with Crippen LogP contribution in [0.5, 0.6) is 0 Å². The van der Waals surface area contributed by atoms with E-state index in [4.69, 9.17) is 0 Å². The van der Waals surface area contributed by atoms with Gasteiger partial charge in [-0.05, 0) is 29.5 Å². The van der Waals surface area contributed by atoms with Crippen LogP contribution in [0.1, 0.15) is 29.2 Å². The van der Waals surface area contributed by atoms with Gasteiger partial charge in [0.25, 0.3) is 0 Å². The van der Waals surface area contributed by atoms with Crippen molar-refractivity contribution in [2.75, 3.05) is 7.05 Å². The normalized spacial score (nSPS) is 16.3. The molecule has 21 heavy (non-hydrogen) atoms. The number of benzene rings is 2. The first-order valence-corrected chi connectivity index (χ1v) is 7.38. The second-order valence-electron chi connectivity index (χ2n) is 5.51. The summed E-state index contributed by atoms with van der Waals surface area (Å²) in [5, 5.41) is 2.99. The molecule has 0 heterocycles. The molecule has 3 nitrogen and oxygen atoms in total. The predicted octanol–water partition coefficient (Wildman–Crippen LogP) is 3.52. The van der Waals surface area contributed by atoms with Gasteiger partial charge in [0.1, 0.15) is 0 Å². The van der Waals surface area contributed by atoms with Gasteiger partial charge in [0, 0.05) is 13.6 Å². The highest BCUT2D eigenvalue weighted by Gasteiger charge is 2.27. The molecule has 108 valence electrons. The van der Waals surface area contributed by atoms with Crippen LogP contribution in [0.3, 0.4) is 0 Å². The van der Waals surface area contributed by atoms with E-state index >= 15 is 0 Å². The monoisotopic (exact) mass is 280 g/mol. The van der Waals surface area contributed by atoms with Crippen LogP contribution in [-0.4, -0.2) is 18.0 Å². The highest BCUT2D eigenvalue weighted by atomic mass is 16.2. The summed E-state index contributed by atoms with van der Waals surface area (Å²) in [6, 6.07) is 18.6. The Morgan fingerprint density at radius 2 is 1.86 bits per heavy atom. The molecule has 3 rings (SSSR count). The Bertz CT molecular complexity index is 624. The number of nitrogens with one attached hydrogen (secondary N) is 1. The minimum absolute atomic E-state index is 0.0134. The van der Waals surface area contributed by atoms with E-state index in [1.807, 2.05) is 48.3 Å². The van der Waals surface area contributed by atoms with E-state index in [1.54, 1.807) is 0 Å². The molecule has 1 aliphatic rings. The summed E-state index contributed by atoms with van der Waals surface area (Å²) in [7, 11) is 1.88. The van der Waals surface area contributed by atoms with Crippen LogP contribution in [0, 0.1) is 0 Å². The van der Waals surface area contributed by atoms with Gasteiger partial charge in [0.05, 0.1) is 6.04 Å². The standard InChI is InChI=1S/C18H20N2O/c1-20(17-12-11-15-9-5-6-10-16(15)17)18(21)19-13-14-7-3-2-4-8-14/h2-10,17H,11-13H2,1H3,(H,19,21). The fraction of sp³-hybridized carbons (Fsp3) is 0.278. The number of carbonyl (C=O) groups is 1. The van der Waals surface area contributed by atoms with Crippen LogP contribution >= 0.6 is 0 Å². The zero-order chi connectivity index (χ0) is 14.7. The summed E-state index contributed by atoms with van der Waals surface area (Å²) < 4.78 is 0. The fourth-order valence-corrected chi connectivity index (χ4v) is 2.98. The molecular weight excluding hydrogens is 260 g/mol. The van der Waals surface area contributed by atoms with E-state index in [-0.39, 0.29) is 12.1 Å². The summed E-state index contributed by atoms with van der Waals surface area (Å²) in [5.74, 6) is 0. The molecule has 2 amide bonds. The number of hydrogen-bond donors (Lipinski definition) is 1. The first-order valence-electron chi connectivity index (χ1n) is 7.38. The maximum absolute atomic E-state index is 12.3. The first kappa shape index (κ1) is 13.7. The molecule has 1 aliphatic carbocycles. The SMILES string of the molecule is CN(C(=O)NCc1ccccc1)C1CCc2ccccc21. The molecule has 0 fully saturated rings. The molecule has 1 unspecified atom stereocenters. The molecule has 0 saturated carbocycles. The van der Waals surface area contributed by atoms with E-state index in [2.05, 4.69) is 23.5 Å². The van der Waals surface area contributed by atoms with Gasteiger partial charge in [0.2, 0.25) is 0 Å². The maximum Gasteiger partial charge on any atom is 0.317 e. The summed E-state index contributed by atoms with van der Waals surface area (Å²) in [6.07, 6.45) is 2.06. The Kier molecular flexibility index (Phi) is 3.91. The van der Waals surface area contributed by atoms with E-state index in [0.717, 1.165) is 18.4 Å². The number of amides is 2. The van der Waals surface area contributed by atoms with E-state index in [1.165, 1.54) is 11.1 Å². The van der Waals surface area contributed by atoms with Crippen LogP contribution < -0.4 is 5.32 Å². The van der Waals surface area contributed by atoms with E-state index in [0.29, 0.717) is 6.54 Å². The van der Waals surface area contributed by atoms with Crippen LogP contribution in [-0.2, 0) is 13.0 Å². The van der Waals surface area contributed by atoms with Crippen molar-refractivity contribution in [2.45, 2.75) is 25.4 Å². The fourth-order valence-electron chi connectivity index (χ4n) is 2.98. The molecule has 0 aliphatic heterocycles. The van der Waals surface area contributed by atoms with E-state index in [9.17, 15) is 4.79 Å². The number of urea groups is 1. The lowest BCUT2D eigenvalue weighted by molar-refractivity contribution is 0.190. The number of carbonyl (C=O) groups excluding carboxylic acids is 1. The Labute approximate surface area is 125 Å². The van der Waals surface area contributed by atoms with Crippen molar-refractivity contribution in [1.82, 2.24) is 10.2 Å². The molecular formula is C18H20N2O. The molecule has 0 saturated heterocycles. The third kappa shape index (κ3) is 2.92. The van der Waals surface area contributed by atoms with Crippen molar-refractivity contribution in [2.24, 2.45) is 0 Å². The summed E-state index contributed by atoms with van der Waals surface area (Å²) >= 11 is 0. The Morgan fingerprint density at radius 1 is 1.14 bits per heavy atom. The van der Waals surface area contributed by atoms with Gasteiger partial charge < -0.3 is 10.2 Å². The van der Waals surface area contributed by atoms with Crippen molar-refractivity contribution in [3.8, 4) is 0 Å². The van der Waals surface area contributed by atoms with Crippen molar-refractivity contribution < 1.29 is 4.79 Å². The predicted molar refractivity (Wildman–Crippen MR) is 83.9 cm³/mol. The second-order valence-corrected chi connectivity index (χ2v) is 5.51. The average molecular weight is 280 g/mol. The number of rotatable bonds is 3. The quantitative estimate of drug-likeness (QED) is 0.916. The average Bonchev–Trinajstić information content (AvgIpc) is 2.97. The summed E-state index contributed by atoms with van der Waals surface area (Å²) in [6.45, 7) is 0.568. The summed E-state index contributed by atoms with van der Waals surface area (Å²) in [5.41, 5.74) is 3.77. The van der Waals surface area contributed by atoms with Gasteiger partial charge >= 0.3 is 6.03 Å². The van der Waals surface area contributed by atoms with Crippen molar-refractivity contribution in [3.63, 3.8) is 0 Å². The lowest BCUT2D eigenvalue weighted by Gasteiger charge is -2.25. The van der Waals surface area contributed by atoms with Crippen LogP contribution in [0.2, 0.25) is 0 Å². The maximum atomic E-state index is 12.3. The third-order valence-electron chi connectivity index (χ3n) is 4.18. The van der Waals surface area contributed by atoms with Crippen LogP contribution in [0.25, 0.3) is 0 Å². The van der Waals surface area contributed by atoms with Gasteiger partial charge in [0.15, 0.2) is 0 Å². The Balaban J connectivity index is 1.63. The Hall–Kier alpha value is -2.29. The zero-order valence-corrected chi connectivity index (χ0v) is 12.3. The zero-order valence-electron chi connectivity index (χ0n) is 12.3. The van der Waals surface area contributed by atoms with E-state index < -0.39 is 0 Å². The molecule has 0 aromatic heterocycles. The van der Waals surface area contributed by atoms with Crippen LogP contribution in [0.15, 0.2) is 54.6 Å². The number of hydrogen-bond acceptors (Lipinski definition) is 1. The smallest absolute Gasteiger partial charge is 0.317 e. The van der Waals surface area contributed by atoms with Crippen molar-refractivity contribution in [3.05, 3.63) is 71.3 Å². The molecule has 0 radical (unpaired) electrons. The largest absolute Gasteiger partial charge is 0.334 e. The molecule has 0 bridgehead atoms. The van der Waals surface area contributed by atoms with Crippen LogP contribution in [0.4, 0.5) is 4.79 Å². The molecule has 1 N–H and O–H groups in total. The minimum Gasteiger partial charge on any atom is -0.334 e. The van der Waals surface area contributed by atoms with Gasteiger partial charge in [-0.2, -0.15) is 0 Å². The third-order valence-corrected chi connectivity index (χ3v) is 4.18. The molecule has 2 aromatic carbocycles. The molecule has 0 spiro atoms. The molecule has 1 atom stereocenters. The van der Waals surface area contributed by atoms with Gasteiger partial charge in [-0.1, -0.05) is 54.6 Å². The number of fused-ring (bicyclic) bond motifs is 1. The first-order chi connectivity index (χ1) is 10.3. The highest BCUT2D eigenvalue weighted by Crippen LogP contribution is 2.34. The minimum atomic E-state index is -0.0134. The molecule has 3 heteroatoms. The van der Waals surface area contributed by atoms with Crippen molar-refractivity contribution in [1.29, 1.82) is 0 Å². The molecule has 2 aromatic rings. The van der Waals surface area contributed by atoms with Gasteiger partial charge in [-0.15, -0.1) is 0 Å². The highest BCUT2D eigenvalue weighted by molar-refractivity contribution is 5.74. The lowest BCUT2D eigenvalue weighted by Crippen LogP contribution is -2.38. The Morgan fingerprint density at radius 3 is 2.67 bits per heavy atom. The number of nitrogens with zero attached hydrogens (tertiary/aromatic N) is 1. The number of aryl methyl sites for hydroxylation is 1. The van der Waals surface area contributed by atoms with Crippen molar-refractivity contribution >= 4 is 6.03 Å².